The number of methoxy groups -OCH3 is 1. The van der Waals surface area contributed by atoms with E-state index in [0.29, 0.717) is 17.1 Å². The lowest BCUT2D eigenvalue weighted by molar-refractivity contribution is -0.160. The first-order valence-corrected chi connectivity index (χ1v) is 22.8. The molecule has 4 heterocycles. The molecule has 9 atom stereocenters. The number of aromatic nitrogens is 1. The van der Waals surface area contributed by atoms with Crippen molar-refractivity contribution in [3.8, 4) is 11.5 Å². The number of nitrogens with one attached hydrogen (secondary N) is 1. The number of carbonyl (C=O) groups is 2. The first kappa shape index (κ1) is 48.9. The van der Waals surface area contributed by atoms with Gasteiger partial charge in [0.05, 0.1) is 35.5 Å². The van der Waals surface area contributed by atoms with Crippen LogP contribution in [0.4, 0.5) is 11.4 Å². The number of hydrogen-bond donors (Lipinski definition) is 5. The molecule has 7 rings (SSSR count). The summed E-state index contributed by atoms with van der Waals surface area (Å²) in [7, 11) is 1.46. The number of piperazine rings is 1. The van der Waals surface area contributed by atoms with Gasteiger partial charge < -0.3 is 54.1 Å². The second-order valence-corrected chi connectivity index (χ2v) is 18.6. The van der Waals surface area contributed by atoms with E-state index in [1.807, 2.05) is 12.1 Å². The minimum absolute atomic E-state index is 0.00693. The van der Waals surface area contributed by atoms with Crippen LogP contribution in [-0.4, -0.2) is 118 Å². The molecule has 0 saturated carbocycles. The number of rotatable bonds is 4. The van der Waals surface area contributed by atoms with Crippen LogP contribution in [0, 0.1) is 30.6 Å². The summed E-state index contributed by atoms with van der Waals surface area (Å²) in [5.41, 5.74) is 0.921. The van der Waals surface area contributed by atoms with Crippen molar-refractivity contribution in [2.24, 2.45) is 28.8 Å². The van der Waals surface area contributed by atoms with Crippen LogP contribution >= 0.6 is 0 Å². The number of esters is 1. The number of amides is 1. The van der Waals surface area contributed by atoms with Gasteiger partial charge in [0.15, 0.2) is 28.1 Å². The number of benzene rings is 3. The van der Waals surface area contributed by atoms with Gasteiger partial charge in [0.2, 0.25) is 0 Å². The summed E-state index contributed by atoms with van der Waals surface area (Å²) in [4.78, 5) is 50.7. The molecule has 1 saturated heterocycles. The average molecular weight is 926 g/mol. The van der Waals surface area contributed by atoms with Gasteiger partial charge in [0, 0.05) is 105 Å². The number of aromatic hydroxyl groups is 1. The Morgan fingerprint density at radius 2 is 1.70 bits per heavy atom. The number of oxime groups is 1. The van der Waals surface area contributed by atoms with E-state index in [9.17, 15) is 34.9 Å². The normalized spacial score (nSPS) is 30.4. The van der Waals surface area contributed by atoms with Crippen LogP contribution in [0.25, 0.3) is 33.0 Å². The van der Waals surface area contributed by atoms with Gasteiger partial charge in [-0.3, -0.25) is 19.3 Å². The molecule has 3 aliphatic heterocycles. The van der Waals surface area contributed by atoms with Crippen molar-refractivity contribution >= 4 is 61.9 Å². The summed E-state index contributed by atoms with van der Waals surface area (Å²) in [6.45, 7) is 20.5. The van der Waals surface area contributed by atoms with Crippen molar-refractivity contribution in [2.75, 3.05) is 43.5 Å². The predicted octanol–water partition coefficient (Wildman–Crippen LogP) is 6.52. The number of ether oxygens (including phenoxy) is 4. The quantitative estimate of drug-likeness (QED) is 0.0367. The third-order valence-corrected chi connectivity index (χ3v) is 13.9. The van der Waals surface area contributed by atoms with Crippen molar-refractivity contribution in [1.82, 2.24) is 9.88 Å². The molecule has 1 aromatic heterocycles. The molecule has 1 fully saturated rings. The molecule has 0 radical (unpaired) electrons. The highest BCUT2D eigenvalue weighted by molar-refractivity contribution is 6.27. The molecule has 17 heteroatoms. The smallest absolute Gasteiger partial charge is 0.302 e. The predicted molar refractivity (Wildman–Crippen MR) is 255 cm³/mol. The van der Waals surface area contributed by atoms with Gasteiger partial charge >= 0.3 is 5.97 Å². The summed E-state index contributed by atoms with van der Waals surface area (Å²) in [6, 6.07) is 6.02. The van der Waals surface area contributed by atoms with Crippen molar-refractivity contribution in [3.05, 3.63) is 75.7 Å². The summed E-state index contributed by atoms with van der Waals surface area (Å²) in [5, 5.41) is 52.4. The number of phenolic OH excluding ortho intramolecular Hbond substituents is 1. The van der Waals surface area contributed by atoms with Crippen LogP contribution in [0.15, 0.2) is 68.7 Å². The lowest BCUT2D eigenvalue weighted by Crippen LogP contribution is -2.48. The van der Waals surface area contributed by atoms with Crippen molar-refractivity contribution in [1.29, 1.82) is 0 Å². The Morgan fingerprint density at radius 3 is 2.34 bits per heavy atom. The molecule has 1 amide bonds. The molecule has 0 spiro atoms. The fourth-order valence-corrected chi connectivity index (χ4v) is 9.64. The highest BCUT2D eigenvalue weighted by atomic mass is 16.7. The van der Waals surface area contributed by atoms with Crippen molar-refractivity contribution < 1.29 is 53.5 Å². The Morgan fingerprint density at radius 1 is 1.00 bits per heavy atom. The standard InChI is InChI=1S/C50H63N5O12/c1-24(2)54-18-20-55(21-19-54)32-15-16-33-35(23-32)66-47-39(51-33)36-37-43(59)30(8)46-38(36)48(53-62)50(10,67-46)64-22-17-34(63-11)27(5)45(65-31(9)56)29(7)42(58)28(6)41(57)25(3)13-12-14-26(4)49(61)52-40(47)44(37)60/h12-17,22-25,27-29,34,41-42,45,57-58,60,62H,18-21H2,1-11H3,(H,52,61)/b13-12+,22-17+,26-14-,53-48-/t25?,27-,28-,29-,34+,41+,42-,45-,50+/m1/s1. The van der Waals surface area contributed by atoms with E-state index >= 15 is 0 Å². The summed E-state index contributed by atoms with van der Waals surface area (Å²) >= 11 is 0. The van der Waals surface area contributed by atoms with Crippen LogP contribution < -0.4 is 20.4 Å². The fourth-order valence-electron chi connectivity index (χ4n) is 9.64. The maximum atomic E-state index is 14.5. The van der Waals surface area contributed by atoms with Gasteiger partial charge in [-0.05, 0) is 45.9 Å². The molecular weight excluding hydrogens is 863 g/mol. The van der Waals surface area contributed by atoms with Gasteiger partial charge in [-0.25, -0.2) is 4.98 Å². The molecule has 1 unspecified atom stereocenters. The number of hydrogen-bond acceptors (Lipinski definition) is 16. The average Bonchev–Trinajstić information content (AvgIpc) is 3.61. The number of allylic oxidation sites excluding steroid dienone is 2. The maximum absolute atomic E-state index is 14.5. The number of fused-ring (bicyclic) bond motifs is 2. The SMILES string of the molecule is CO[C@H]1/C=C/O[C@@]2(C)Oc3c(C)c(=O)c4c(O)c(c5oc6cc(N7CCN(C(C)C)CC7)ccc6nc5c4c3/C2=N/O)NC(=O)/C(C)=C\C=C\C(C)[C@H](O)[C@@H](C)[C@@H](O)[C@@H](C)[C@H](OC(C)=O)[C@@H]1C. The Bertz CT molecular complexity index is 2760. The minimum atomic E-state index is -1.89. The Labute approximate surface area is 389 Å². The first-order valence-electron chi connectivity index (χ1n) is 22.8. The third kappa shape index (κ3) is 9.09. The van der Waals surface area contributed by atoms with E-state index in [2.05, 4.69) is 34.1 Å². The van der Waals surface area contributed by atoms with E-state index in [1.165, 1.54) is 40.2 Å². The van der Waals surface area contributed by atoms with E-state index in [0.717, 1.165) is 31.9 Å². The number of phenols is 1. The largest absolute Gasteiger partial charge is 0.505 e. The highest BCUT2D eigenvalue weighted by Gasteiger charge is 2.48. The molecule has 0 aliphatic carbocycles. The molecule has 17 nitrogen and oxygen atoms in total. The Kier molecular flexibility index (Phi) is 14.1. The second kappa shape index (κ2) is 19.3. The lowest BCUT2D eigenvalue weighted by atomic mass is 9.78. The van der Waals surface area contributed by atoms with Gasteiger partial charge in [-0.1, -0.05) is 51.1 Å². The highest BCUT2D eigenvalue weighted by Crippen LogP contribution is 2.49. The van der Waals surface area contributed by atoms with Gasteiger partial charge in [-0.2, -0.15) is 0 Å². The van der Waals surface area contributed by atoms with Crippen LogP contribution in [0.1, 0.15) is 73.4 Å². The lowest BCUT2D eigenvalue weighted by Gasteiger charge is -2.38. The fraction of sp³-hybridized carbons (Fsp3) is 0.500. The second-order valence-electron chi connectivity index (χ2n) is 18.6. The van der Waals surface area contributed by atoms with Crippen molar-refractivity contribution in [3.63, 3.8) is 0 Å². The zero-order valence-electron chi connectivity index (χ0n) is 40.0. The van der Waals surface area contributed by atoms with Crippen LogP contribution in [0.3, 0.4) is 0 Å². The Hall–Kier alpha value is -6.01. The summed E-state index contributed by atoms with van der Waals surface area (Å²) in [5.74, 6) is -6.19. The van der Waals surface area contributed by atoms with Crippen LogP contribution in [0.5, 0.6) is 11.5 Å². The monoisotopic (exact) mass is 925 g/mol. The van der Waals surface area contributed by atoms with Gasteiger partial charge in [-0.15, -0.1) is 0 Å². The van der Waals surface area contributed by atoms with Crippen LogP contribution in [-0.2, 0) is 23.8 Å². The molecular formula is C50H63N5O12. The molecule has 5 N–H and O–H groups in total. The number of nitrogens with zero attached hydrogens (tertiary/aromatic N) is 4. The summed E-state index contributed by atoms with van der Waals surface area (Å²) < 4.78 is 30.9. The number of aliphatic hydroxyl groups is 2. The number of carbonyl (C=O) groups excluding carboxylic acids is 2. The molecule has 360 valence electrons. The van der Waals surface area contributed by atoms with E-state index < -0.39 is 76.9 Å². The van der Waals surface area contributed by atoms with Crippen molar-refractivity contribution in [2.45, 2.75) is 105 Å². The molecule has 67 heavy (non-hydrogen) atoms. The number of anilines is 2. The third-order valence-electron chi connectivity index (χ3n) is 13.9. The molecule has 3 aliphatic rings. The molecule has 4 bridgehead atoms. The number of aliphatic hydroxyl groups excluding tert-OH is 2. The molecule has 4 aromatic rings. The minimum Gasteiger partial charge on any atom is -0.505 e. The maximum Gasteiger partial charge on any atom is 0.302 e. The van der Waals surface area contributed by atoms with E-state index in [-0.39, 0.29) is 55.7 Å². The summed E-state index contributed by atoms with van der Waals surface area (Å²) in [6.07, 6.45) is 3.81. The van der Waals surface area contributed by atoms with E-state index in [1.54, 1.807) is 58.9 Å². The Balaban J connectivity index is 1.44. The van der Waals surface area contributed by atoms with Crippen LogP contribution in [0.2, 0.25) is 0 Å². The first-order chi connectivity index (χ1) is 31.7. The zero-order chi connectivity index (χ0) is 48.8. The van der Waals surface area contributed by atoms with Gasteiger partial charge in [0.1, 0.15) is 28.6 Å². The topological polar surface area (TPSA) is 226 Å². The zero-order valence-corrected chi connectivity index (χ0v) is 40.0. The van der Waals surface area contributed by atoms with E-state index in [4.69, 9.17) is 28.3 Å². The van der Waals surface area contributed by atoms with Gasteiger partial charge in [0.25, 0.3) is 11.7 Å². The molecule has 3 aromatic carbocycles.